The van der Waals surface area contributed by atoms with E-state index in [-0.39, 0.29) is 11.2 Å². The summed E-state index contributed by atoms with van der Waals surface area (Å²) in [5, 5.41) is 1.78. The molecule has 0 N–H and O–H groups in total. The summed E-state index contributed by atoms with van der Waals surface area (Å²) in [7, 11) is -6.61. The first kappa shape index (κ1) is 16.4. The van der Waals surface area contributed by atoms with Crippen molar-refractivity contribution in [2.75, 3.05) is 31.9 Å². The maximum atomic E-state index is 12.6. The van der Waals surface area contributed by atoms with Gasteiger partial charge in [0.1, 0.15) is 4.21 Å². The van der Waals surface area contributed by atoms with Crippen LogP contribution in [-0.4, -0.2) is 57.4 Å². The number of rotatable bonds is 4. The van der Waals surface area contributed by atoms with Gasteiger partial charge in [0.15, 0.2) is 0 Å². The Hall–Kier alpha value is -0.480. The van der Waals surface area contributed by atoms with Crippen LogP contribution in [-0.2, 0) is 20.0 Å². The number of nitrogens with zero attached hydrogens (tertiary/aromatic N) is 2. The molecule has 0 bridgehead atoms. The Balaban J connectivity index is 1.72. The predicted molar refractivity (Wildman–Crippen MR) is 85.9 cm³/mol. The van der Waals surface area contributed by atoms with E-state index >= 15 is 0 Å². The zero-order valence-corrected chi connectivity index (χ0v) is 15.1. The molecule has 0 saturated carbocycles. The molecule has 0 unspecified atom stereocenters. The maximum absolute atomic E-state index is 12.6. The van der Waals surface area contributed by atoms with E-state index in [1.54, 1.807) is 25.3 Å². The van der Waals surface area contributed by atoms with Crippen LogP contribution in [0.4, 0.5) is 0 Å². The van der Waals surface area contributed by atoms with Gasteiger partial charge >= 0.3 is 0 Å². The molecule has 0 amide bonds. The third kappa shape index (κ3) is 2.52. The Morgan fingerprint density at radius 3 is 2.36 bits per heavy atom. The number of sulfonamides is 2. The van der Waals surface area contributed by atoms with Crippen molar-refractivity contribution in [1.29, 1.82) is 0 Å². The Morgan fingerprint density at radius 2 is 1.82 bits per heavy atom. The molecule has 0 aromatic carbocycles. The van der Waals surface area contributed by atoms with E-state index in [0.717, 1.165) is 12.0 Å². The lowest BCUT2D eigenvalue weighted by molar-refractivity contribution is 0.0861. The van der Waals surface area contributed by atoms with E-state index in [2.05, 4.69) is 0 Å². The summed E-state index contributed by atoms with van der Waals surface area (Å²) >= 11 is 1.24. The van der Waals surface area contributed by atoms with Gasteiger partial charge in [0.25, 0.3) is 10.0 Å². The molecule has 2 aliphatic rings. The average molecular weight is 365 g/mol. The fourth-order valence-corrected chi connectivity index (χ4v) is 7.61. The van der Waals surface area contributed by atoms with Gasteiger partial charge in [0.05, 0.1) is 5.75 Å². The van der Waals surface area contributed by atoms with Gasteiger partial charge in [-0.1, -0.05) is 0 Å². The molecule has 2 saturated heterocycles. The van der Waals surface area contributed by atoms with Gasteiger partial charge in [-0.2, -0.15) is 4.31 Å². The fraction of sp³-hybridized carbons (Fsp3) is 0.692. The predicted octanol–water partition coefficient (Wildman–Crippen LogP) is 1.10. The minimum atomic E-state index is -3.43. The summed E-state index contributed by atoms with van der Waals surface area (Å²) < 4.78 is 52.4. The Morgan fingerprint density at radius 1 is 1.18 bits per heavy atom. The van der Waals surface area contributed by atoms with Crippen molar-refractivity contribution in [3.8, 4) is 0 Å². The molecule has 1 aromatic rings. The zero-order chi connectivity index (χ0) is 16.2. The number of thiophene rings is 1. The molecule has 2 aliphatic heterocycles. The van der Waals surface area contributed by atoms with Gasteiger partial charge in [0, 0.05) is 31.6 Å². The van der Waals surface area contributed by atoms with E-state index in [1.807, 2.05) is 0 Å². The first-order chi connectivity index (χ1) is 10.2. The molecular weight excluding hydrogens is 344 g/mol. The third-order valence-corrected chi connectivity index (χ3v) is 9.86. The van der Waals surface area contributed by atoms with Gasteiger partial charge in [0.2, 0.25) is 10.0 Å². The highest BCUT2D eigenvalue weighted by Gasteiger charge is 2.53. The highest BCUT2D eigenvalue weighted by Crippen LogP contribution is 2.43. The average Bonchev–Trinajstić information content (AvgIpc) is 3.03. The van der Waals surface area contributed by atoms with Crippen molar-refractivity contribution >= 4 is 31.4 Å². The second-order valence-electron chi connectivity index (χ2n) is 6.15. The Bertz CT molecular complexity index is 776. The van der Waals surface area contributed by atoms with Crippen LogP contribution in [0.1, 0.15) is 18.9 Å². The van der Waals surface area contributed by atoms with E-state index in [9.17, 15) is 16.8 Å². The van der Waals surface area contributed by atoms with Crippen LogP contribution in [0.2, 0.25) is 0 Å². The molecule has 3 rings (SSSR count). The summed E-state index contributed by atoms with van der Waals surface area (Å²) in [6.07, 6.45) is 0.738. The summed E-state index contributed by atoms with van der Waals surface area (Å²) in [6.45, 7) is 5.22. The lowest BCUT2D eigenvalue weighted by Crippen LogP contribution is -2.59. The third-order valence-electron chi connectivity index (χ3n) is 4.57. The molecule has 1 spiro atoms. The standard InChI is InChI=1S/C13H20N2O4S3/c1-3-21(16,17)14-6-5-13(8-14)9-15(10-13)22(18,19)12-11(2)4-7-20-12/h4,7H,3,5-6,8-10H2,1-2H3. The van der Waals surface area contributed by atoms with Crippen molar-refractivity contribution in [3.05, 3.63) is 17.0 Å². The second-order valence-corrected chi connectivity index (χ2v) is 11.5. The minimum Gasteiger partial charge on any atom is -0.212 e. The Kier molecular flexibility index (Phi) is 3.92. The van der Waals surface area contributed by atoms with Crippen molar-refractivity contribution in [3.63, 3.8) is 0 Å². The van der Waals surface area contributed by atoms with Crippen LogP contribution < -0.4 is 0 Å². The summed E-state index contributed by atoms with van der Waals surface area (Å²) in [4.78, 5) is 0. The molecule has 6 nitrogen and oxygen atoms in total. The SMILES string of the molecule is CCS(=O)(=O)N1CCC2(C1)CN(S(=O)(=O)c1sccc1C)C2. The molecule has 0 radical (unpaired) electrons. The number of hydrogen-bond donors (Lipinski definition) is 0. The van der Waals surface area contributed by atoms with E-state index in [4.69, 9.17) is 0 Å². The van der Waals surface area contributed by atoms with Crippen molar-refractivity contribution in [2.24, 2.45) is 5.41 Å². The largest absolute Gasteiger partial charge is 0.252 e. The van der Waals surface area contributed by atoms with Gasteiger partial charge < -0.3 is 0 Å². The monoisotopic (exact) mass is 364 g/mol. The van der Waals surface area contributed by atoms with E-state index in [0.29, 0.717) is 30.4 Å². The van der Waals surface area contributed by atoms with Gasteiger partial charge in [-0.25, -0.2) is 21.1 Å². The molecule has 1 aromatic heterocycles. The zero-order valence-electron chi connectivity index (χ0n) is 12.6. The lowest BCUT2D eigenvalue weighted by atomic mass is 9.81. The van der Waals surface area contributed by atoms with Crippen molar-refractivity contribution < 1.29 is 16.8 Å². The number of aryl methyl sites for hydroxylation is 1. The second kappa shape index (κ2) is 5.27. The molecule has 22 heavy (non-hydrogen) atoms. The summed E-state index contributed by atoms with van der Waals surface area (Å²) in [5.41, 5.74) is 0.577. The van der Waals surface area contributed by atoms with E-state index in [1.165, 1.54) is 19.9 Å². The van der Waals surface area contributed by atoms with Crippen LogP contribution in [0.5, 0.6) is 0 Å². The van der Waals surface area contributed by atoms with E-state index < -0.39 is 20.0 Å². The van der Waals surface area contributed by atoms with Crippen LogP contribution in [0, 0.1) is 12.3 Å². The quantitative estimate of drug-likeness (QED) is 0.802. The van der Waals surface area contributed by atoms with Crippen LogP contribution in [0.25, 0.3) is 0 Å². The molecule has 0 atom stereocenters. The summed E-state index contributed by atoms with van der Waals surface area (Å²) in [5.74, 6) is 0.0967. The maximum Gasteiger partial charge on any atom is 0.252 e. The topological polar surface area (TPSA) is 74.8 Å². The summed E-state index contributed by atoms with van der Waals surface area (Å²) in [6, 6.07) is 1.80. The van der Waals surface area contributed by atoms with Crippen LogP contribution in [0.15, 0.2) is 15.7 Å². The van der Waals surface area contributed by atoms with Gasteiger partial charge in [-0.3, -0.25) is 0 Å². The van der Waals surface area contributed by atoms with Crippen LogP contribution in [0.3, 0.4) is 0 Å². The minimum absolute atomic E-state index is 0.0967. The Labute approximate surface area is 135 Å². The molecular formula is C13H20N2O4S3. The normalized spacial score (nSPS) is 23.0. The lowest BCUT2D eigenvalue weighted by Gasteiger charge is -2.46. The molecule has 2 fully saturated rings. The van der Waals surface area contributed by atoms with Gasteiger partial charge in [-0.15, -0.1) is 11.3 Å². The molecule has 0 aliphatic carbocycles. The smallest absolute Gasteiger partial charge is 0.212 e. The highest BCUT2D eigenvalue weighted by molar-refractivity contribution is 7.91. The van der Waals surface area contributed by atoms with Gasteiger partial charge in [-0.05, 0) is 37.3 Å². The molecule has 9 heteroatoms. The van der Waals surface area contributed by atoms with Crippen molar-refractivity contribution in [2.45, 2.75) is 24.5 Å². The van der Waals surface area contributed by atoms with Crippen molar-refractivity contribution in [1.82, 2.24) is 8.61 Å². The van der Waals surface area contributed by atoms with Crippen LogP contribution >= 0.6 is 11.3 Å². The number of hydrogen-bond acceptors (Lipinski definition) is 5. The first-order valence-electron chi connectivity index (χ1n) is 7.22. The highest BCUT2D eigenvalue weighted by atomic mass is 32.2. The molecule has 3 heterocycles. The molecule has 124 valence electrons. The first-order valence-corrected chi connectivity index (χ1v) is 11.2. The fourth-order valence-electron chi connectivity index (χ4n) is 3.18.